The van der Waals surface area contributed by atoms with Gasteiger partial charge in [0.05, 0.1) is 11.1 Å². The van der Waals surface area contributed by atoms with Gasteiger partial charge in [0.25, 0.3) is 0 Å². The zero-order valence-corrected chi connectivity index (χ0v) is 13.5. The van der Waals surface area contributed by atoms with Crippen LogP contribution in [-0.4, -0.2) is 6.54 Å². The van der Waals surface area contributed by atoms with E-state index in [0.29, 0.717) is 0 Å². The molecule has 0 aliphatic heterocycles. The Morgan fingerprint density at radius 1 is 1.39 bits per heavy atom. The van der Waals surface area contributed by atoms with Crippen molar-refractivity contribution in [2.75, 3.05) is 6.54 Å². The van der Waals surface area contributed by atoms with Crippen molar-refractivity contribution < 1.29 is 0 Å². The third-order valence-electron chi connectivity index (χ3n) is 2.83. The molecule has 0 fully saturated rings. The third kappa shape index (κ3) is 2.97. The monoisotopic (exact) mass is 343 g/mol. The third-order valence-corrected chi connectivity index (χ3v) is 5.14. The average Bonchev–Trinajstić information content (AvgIpc) is 2.76. The summed E-state index contributed by atoms with van der Waals surface area (Å²) < 4.78 is 1.14. The van der Waals surface area contributed by atoms with Crippen molar-refractivity contribution in [3.05, 3.63) is 55.1 Å². The van der Waals surface area contributed by atoms with Crippen molar-refractivity contribution in [2.45, 2.75) is 19.9 Å². The highest BCUT2D eigenvalue weighted by Crippen LogP contribution is 2.34. The Hall–Kier alpha value is -0.350. The van der Waals surface area contributed by atoms with Crippen LogP contribution in [0, 0.1) is 6.92 Å². The van der Waals surface area contributed by atoms with E-state index in [1.807, 2.05) is 11.4 Å². The van der Waals surface area contributed by atoms with E-state index >= 15 is 0 Å². The summed E-state index contributed by atoms with van der Waals surface area (Å²) in [6, 6.07) is 8.57. The largest absolute Gasteiger partial charge is 0.306 e. The lowest BCUT2D eigenvalue weighted by Gasteiger charge is -2.18. The van der Waals surface area contributed by atoms with Gasteiger partial charge < -0.3 is 5.32 Å². The molecule has 4 heteroatoms. The van der Waals surface area contributed by atoms with Gasteiger partial charge in [-0.15, -0.1) is 11.3 Å². The van der Waals surface area contributed by atoms with Crippen molar-refractivity contribution in [1.29, 1.82) is 0 Å². The van der Waals surface area contributed by atoms with E-state index in [4.69, 9.17) is 11.6 Å². The lowest BCUT2D eigenvalue weighted by Crippen LogP contribution is -2.21. The minimum Gasteiger partial charge on any atom is -0.306 e. The molecular weight excluding hydrogens is 330 g/mol. The predicted molar refractivity (Wildman–Crippen MR) is 83.7 cm³/mol. The van der Waals surface area contributed by atoms with Gasteiger partial charge in [-0.05, 0) is 42.1 Å². The van der Waals surface area contributed by atoms with E-state index in [1.54, 1.807) is 11.3 Å². The fourth-order valence-electron chi connectivity index (χ4n) is 1.92. The maximum atomic E-state index is 6.25. The Morgan fingerprint density at radius 2 is 2.17 bits per heavy atom. The lowest BCUT2D eigenvalue weighted by molar-refractivity contribution is 0.639. The second-order valence-electron chi connectivity index (χ2n) is 4.13. The Bertz CT molecular complexity index is 538. The Labute approximate surface area is 125 Å². The first kappa shape index (κ1) is 14.1. The van der Waals surface area contributed by atoms with Crippen LogP contribution in [0.1, 0.15) is 29.0 Å². The van der Waals surface area contributed by atoms with Gasteiger partial charge in [0.1, 0.15) is 0 Å². The molecule has 1 heterocycles. The van der Waals surface area contributed by atoms with E-state index in [9.17, 15) is 0 Å². The molecule has 0 saturated carbocycles. The quantitative estimate of drug-likeness (QED) is 0.806. The molecule has 0 saturated heterocycles. The molecule has 0 amide bonds. The molecule has 0 radical (unpaired) electrons. The van der Waals surface area contributed by atoms with E-state index < -0.39 is 0 Å². The summed E-state index contributed by atoms with van der Waals surface area (Å²) >= 11 is 11.5. The second kappa shape index (κ2) is 6.20. The zero-order chi connectivity index (χ0) is 13.1. The molecule has 2 aromatic rings. The standard InChI is InChI=1S/C14H15BrClNS/c1-3-17-13(14-12(16)6-7-18-14)10-4-5-11(15)9(2)8-10/h4-8,13,17H,3H2,1-2H3. The minimum atomic E-state index is 0.175. The zero-order valence-electron chi connectivity index (χ0n) is 10.3. The van der Waals surface area contributed by atoms with Crippen LogP contribution in [-0.2, 0) is 0 Å². The molecule has 96 valence electrons. The molecule has 1 nitrogen and oxygen atoms in total. The number of halogens is 2. The molecule has 0 aliphatic carbocycles. The van der Waals surface area contributed by atoms with E-state index in [-0.39, 0.29) is 6.04 Å². The van der Waals surface area contributed by atoms with Crippen molar-refractivity contribution in [3.63, 3.8) is 0 Å². The number of hydrogen-bond acceptors (Lipinski definition) is 2. The molecule has 1 atom stereocenters. The van der Waals surface area contributed by atoms with Crippen LogP contribution in [0.15, 0.2) is 34.1 Å². The normalized spacial score (nSPS) is 12.7. The van der Waals surface area contributed by atoms with Crippen molar-refractivity contribution in [2.24, 2.45) is 0 Å². The van der Waals surface area contributed by atoms with Gasteiger partial charge in [-0.2, -0.15) is 0 Å². The highest BCUT2D eigenvalue weighted by Gasteiger charge is 2.17. The first-order chi connectivity index (χ1) is 8.63. The summed E-state index contributed by atoms with van der Waals surface area (Å²) in [5, 5.41) is 6.37. The fourth-order valence-corrected chi connectivity index (χ4v) is 3.44. The molecular formula is C14H15BrClNS. The number of benzene rings is 1. The van der Waals surface area contributed by atoms with Crippen LogP contribution < -0.4 is 5.32 Å². The van der Waals surface area contributed by atoms with E-state index in [1.165, 1.54) is 16.0 Å². The van der Waals surface area contributed by atoms with E-state index in [2.05, 4.69) is 53.3 Å². The van der Waals surface area contributed by atoms with Gasteiger partial charge in [0, 0.05) is 9.35 Å². The summed E-state index contributed by atoms with van der Waals surface area (Å²) in [7, 11) is 0. The molecule has 18 heavy (non-hydrogen) atoms. The molecule has 1 unspecified atom stereocenters. The number of nitrogens with one attached hydrogen (secondary N) is 1. The maximum absolute atomic E-state index is 6.25. The maximum Gasteiger partial charge on any atom is 0.0686 e. The van der Waals surface area contributed by atoms with Crippen molar-refractivity contribution >= 4 is 38.9 Å². The predicted octanol–water partition coefficient (Wildman–Crippen LogP) is 5.17. The summed E-state index contributed by atoms with van der Waals surface area (Å²) in [6.45, 7) is 5.13. The fraction of sp³-hybridized carbons (Fsp3) is 0.286. The number of aryl methyl sites for hydroxylation is 1. The van der Waals surface area contributed by atoms with Gasteiger partial charge in [0.2, 0.25) is 0 Å². The minimum absolute atomic E-state index is 0.175. The summed E-state index contributed by atoms with van der Waals surface area (Å²) in [5.74, 6) is 0. The van der Waals surface area contributed by atoms with Crippen LogP contribution >= 0.6 is 38.9 Å². The molecule has 0 spiro atoms. The number of hydrogen-bond donors (Lipinski definition) is 1. The van der Waals surface area contributed by atoms with Gasteiger partial charge in [-0.25, -0.2) is 0 Å². The van der Waals surface area contributed by atoms with Crippen LogP contribution in [0.5, 0.6) is 0 Å². The molecule has 2 rings (SSSR count). The molecule has 1 aromatic carbocycles. The van der Waals surface area contributed by atoms with Crippen LogP contribution in [0.25, 0.3) is 0 Å². The number of rotatable bonds is 4. The van der Waals surface area contributed by atoms with E-state index in [0.717, 1.165) is 16.0 Å². The van der Waals surface area contributed by atoms with Crippen LogP contribution in [0.4, 0.5) is 0 Å². The molecule has 0 aliphatic rings. The first-order valence-electron chi connectivity index (χ1n) is 5.85. The van der Waals surface area contributed by atoms with Gasteiger partial charge in [0.15, 0.2) is 0 Å². The van der Waals surface area contributed by atoms with Crippen LogP contribution in [0.2, 0.25) is 5.02 Å². The Balaban J connectivity index is 2.41. The van der Waals surface area contributed by atoms with Crippen LogP contribution in [0.3, 0.4) is 0 Å². The number of thiophene rings is 1. The summed E-state index contributed by atoms with van der Waals surface area (Å²) in [6.07, 6.45) is 0. The molecule has 1 aromatic heterocycles. The highest BCUT2D eigenvalue weighted by molar-refractivity contribution is 9.10. The van der Waals surface area contributed by atoms with Crippen molar-refractivity contribution in [3.8, 4) is 0 Å². The smallest absolute Gasteiger partial charge is 0.0686 e. The Morgan fingerprint density at radius 3 is 2.72 bits per heavy atom. The van der Waals surface area contributed by atoms with Gasteiger partial charge in [-0.3, -0.25) is 0 Å². The average molecular weight is 345 g/mol. The summed E-state index contributed by atoms with van der Waals surface area (Å²) in [5.41, 5.74) is 2.49. The molecule has 1 N–H and O–H groups in total. The first-order valence-corrected chi connectivity index (χ1v) is 7.91. The summed E-state index contributed by atoms with van der Waals surface area (Å²) in [4.78, 5) is 1.18. The Kier molecular flexibility index (Phi) is 4.84. The van der Waals surface area contributed by atoms with Crippen molar-refractivity contribution in [1.82, 2.24) is 5.32 Å². The second-order valence-corrected chi connectivity index (χ2v) is 6.34. The lowest BCUT2D eigenvalue weighted by atomic mass is 10.0. The topological polar surface area (TPSA) is 12.0 Å². The highest BCUT2D eigenvalue weighted by atomic mass is 79.9. The molecule has 0 bridgehead atoms. The van der Waals surface area contributed by atoms with Gasteiger partial charge in [-0.1, -0.05) is 46.6 Å². The SMILES string of the molecule is CCNC(c1ccc(Br)c(C)c1)c1sccc1Cl. The van der Waals surface area contributed by atoms with Gasteiger partial charge >= 0.3 is 0 Å².